The number of likely N-dealkylation sites (tertiary alicyclic amines) is 1. The summed E-state index contributed by atoms with van der Waals surface area (Å²) in [6, 6.07) is 0. The number of nitrogens with one attached hydrogen (secondary N) is 1. The van der Waals surface area contributed by atoms with E-state index in [0.29, 0.717) is 11.8 Å². The van der Waals surface area contributed by atoms with E-state index in [1.165, 1.54) is 0 Å². The summed E-state index contributed by atoms with van der Waals surface area (Å²) in [5.41, 5.74) is 0. The van der Waals surface area contributed by atoms with Crippen LogP contribution in [0.3, 0.4) is 0 Å². The lowest BCUT2D eigenvalue weighted by atomic mass is 9.95. The molecule has 2 aliphatic heterocycles. The predicted octanol–water partition coefficient (Wildman–Crippen LogP) is -0.301. The average molecular weight is 198 g/mol. The summed E-state index contributed by atoms with van der Waals surface area (Å²) in [5.74, 6) is 0.965. The van der Waals surface area contributed by atoms with Crippen LogP contribution >= 0.6 is 0 Å². The molecule has 14 heavy (non-hydrogen) atoms. The highest BCUT2D eigenvalue weighted by atomic mass is 16.5. The molecule has 0 bridgehead atoms. The number of carbonyl (C=O) groups is 1. The highest BCUT2D eigenvalue weighted by molar-refractivity contribution is 5.80. The van der Waals surface area contributed by atoms with Gasteiger partial charge in [0.2, 0.25) is 5.91 Å². The van der Waals surface area contributed by atoms with Crippen LogP contribution in [0.5, 0.6) is 0 Å². The van der Waals surface area contributed by atoms with Gasteiger partial charge in [0, 0.05) is 26.7 Å². The molecule has 1 amide bonds. The largest absolute Gasteiger partial charge is 0.378 e. The van der Waals surface area contributed by atoms with Gasteiger partial charge < -0.3 is 15.0 Å². The number of amides is 1. The van der Waals surface area contributed by atoms with Crippen molar-refractivity contribution >= 4 is 5.91 Å². The minimum atomic E-state index is 0.188. The van der Waals surface area contributed by atoms with Crippen molar-refractivity contribution in [2.45, 2.75) is 13.0 Å². The van der Waals surface area contributed by atoms with E-state index in [1.54, 1.807) is 7.11 Å². The second-order valence-corrected chi connectivity index (χ2v) is 4.34. The quantitative estimate of drug-likeness (QED) is 0.662. The Morgan fingerprint density at radius 3 is 2.64 bits per heavy atom. The molecule has 4 heteroatoms. The highest BCUT2D eigenvalue weighted by Crippen LogP contribution is 2.22. The molecular formula is C10H18N2O2. The zero-order valence-corrected chi connectivity index (χ0v) is 8.82. The van der Waals surface area contributed by atoms with Crippen LogP contribution in [0.1, 0.15) is 6.92 Å². The smallest absolute Gasteiger partial charge is 0.227 e. The molecule has 2 fully saturated rings. The molecule has 2 aliphatic rings. The lowest BCUT2D eigenvalue weighted by molar-refractivity contribution is -0.147. The van der Waals surface area contributed by atoms with Crippen LogP contribution in [0.25, 0.3) is 0 Å². The van der Waals surface area contributed by atoms with E-state index in [2.05, 4.69) is 12.2 Å². The van der Waals surface area contributed by atoms with Gasteiger partial charge in [-0.25, -0.2) is 0 Å². The fourth-order valence-electron chi connectivity index (χ4n) is 2.14. The molecule has 2 saturated heterocycles. The number of carbonyl (C=O) groups excluding carboxylic acids is 1. The number of rotatable bonds is 2. The van der Waals surface area contributed by atoms with E-state index in [4.69, 9.17) is 4.74 Å². The lowest BCUT2D eigenvalue weighted by Crippen LogP contribution is -2.56. The van der Waals surface area contributed by atoms with Crippen LogP contribution in [-0.2, 0) is 9.53 Å². The molecule has 2 atom stereocenters. The van der Waals surface area contributed by atoms with Crippen molar-refractivity contribution < 1.29 is 9.53 Å². The van der Waals surface area contributed by atoms with E-state index in [0.717, 1.165) is 26.2 Å². The summed E-state index contributed by atoms with van der Waals surface area (Å²) in [6.45, 7) is 5.50. The van der Waals surface area contributed by atoms with Crippen molar-refractivity contribution in [1.82, 2.24) is 10.2 Å². The molecule has 0 unspecified atom stereocenters. The summed E-state index contributed by atoms with van der Waals surface area (Å²) in [6.07, 6.45) is 0.267. The molecule has 2 heterocycles. The Labute approximate surface area is 84.6 Å². The maximum Gasteiger partial charge on any atom is 0.227 e. The van der Waals surface area contributed by atoms with E-state index in [-0.39, 0.29) is 12.0 Å². The highest BCUT2D eigenvalue weighted by Gasteiger charge is 2.38. The van der Waals surface area contributed by atoms with Gasteiger partial charge in [0.15, 0.2) is 0 Å². The van der Waals surface area contributed by atoms with Crippen molar-refractivity contribution in [1.29, 1.82) is 0 Å². The van der Waals surface area contributed by atoms with Crippen molar-refractivity contribution in [3.63, 3.8) is 0 Å². The van der Waals surface area contributed by atoms with Crippen LogP contribution in [0, 0.1) is 11.8 Å². The van der Waals surface area contributed by atoms with Gasteiger partial charge in [-0.1, -0.05) is 6.92 Å². The van der Waals surface area contributed by atoms with Crippen LogP contribution < -0.4 is 5.32 Å². The number of hydrogen-bond donors (Lipinski definition) is 1. The van der Waals surface area contributed by atoms with E-state index >= 15 is 0 Å². The summed E-state index contributed by atoms with van der Waals surface area (Å²) in [7, 11) is 1.70. The van der Waals surface area contributed by atoms with Crippen LogP contribution in [-0.4, -0.2) is 50.2 Å². The van der Waals surface area contributed by atoms with Crippen molar-refractivity contribution in [3.05, 3.63) is 0 Å². The first-order valence-corrected chi connectivity index (χ1v) is 5.24. The monoisotopic (exact) mass is 198 g/mol. The number of ether oxygens (including phenoxy) is 1. The average Bonchev–Trinajstić information content (AvgIpc) is 2.49. The third-order valence-electron chi connectivity index (χ3n) is 3.33. The maximum atomic E-state index is 11.9. The Bertz CT molecular complexity index is 226. The van der Waals surface area contributed by atoms with Crippen LogP contribution in [0.15, 0.2) is 0 Å². The third-order valence-corrected chi connectivity index (χ3v) is 3.33. The molecule has 0 aromatic carbocycles. The van der Waals surface area contributed by atoms with Gasteiger partial charge in [-0.3, -0.25) is 4.79 Å². The first-order valence-electron chi connectivity index (χ1n) is 5.24. The second-order valence-electron chi connectivity index (χ2n) is 4.34. The molecule has 4 nitrogen and oxygen atoms in total. The topological polar surface area (TPSA) is 41.6 Å². The summed E-state index contributed by atoms with van der Waals surface area (Å²) in [4.78, 5) is 13.8. The first kappa shape index (κ1) is 9.93. The standard InChI is InChI=1S/C10H18N2O2/c1-7-3-11-4-9(7)10(13)12-5-8(6-12)14-2/h7-9,11H,3-6H2,1-2H3/t7-,9-/m1/s1. The van der Waals surface area contributed by atoms with Crippen LogP contribution in [0.2, 0.25) is 0 Å². The molecule has 0 aromatic heterocycles. The Balaban J connectivity index is 1.84. The zero-order chi connectivity index (χ0) is 10.1. The first-order chi connectivity index (χ1) is 6.72. The number of hydrogen-bond acceptors (Lipinski definition) is 3. The summed E-state index contributed by atoms with van der Waals surface area (Å²) in [5, 5.41) is 3.25. The minimum Gasteiger partial charge on any atom is -0.378 e. The summed E-state index contributed by atoms with van der Waals surface area (Å²) >= 11 is 0. The molecular weight excluding hydrogens is 180 g/mol. The van der Waals surface area contributed by atoms with E-state index < -0.39 is 0 Å². The fourth-order valence-corrected chi connectivity index (χ4v) is 2.14. The van der Waals surface area contributed by atoms with Gasteiger partial charge in [-0.15, -0.1) is 0 Å². The second kappa shape index (κ2) is 3.87. The molecule has 0 aromatic rings. The van der Waals surface area contributed by atoms with Gasteiger partial charge in [-0.2, -0.15) is 0 Å². The summed E-state index contributed by atoms with van der Waals surface area (Å²) < 4.78 is 5.15. The Hall–Kier alpha value is -0.610. The minimum absolute atomic E-state index is 0.188. The SMILES string of the molecule is COC1CN(C(=O)[C@@H]2CNC[C@H]2C)C1. The van der Waals surface area contributed by atoms with Gasteiger partial charge in [0.1, 0.15) is 0 Å². The molecule has 0 spiro atoms. The van der Waals surface area contributed by atoms with Crippen molar-refractivity contribution in [3.8, 4) is 0 Å². The number of nitrogens with zero attached hydrogens (tertiary/aromatic N) is 1. The Kier molecular flexibility index (Phi) is 2.74. The molecule has 80 valence electrons. The number of methoxy groups -OCH3 is 1. The van der Waals surface area contributed by atoms with Gasteiger partial charge in [0.05, 0.1) is 12.0 Å². The molecule has 2 rings (SSSR count). The van der Waals surface area contributed by atoms with Gasteiger partial charge >= 0.3 is 0 Å². The maximum absolute atomic E-state index is 11.9. The Morgan fingerprint density at radius 1 is 1.43 bits per heavy atom. The molecule has 0 radical (unpaired) electrons. The molecule has 0 aliphatic carbocycles. The van der Waals surface area contributed by atoms with Gasteiger partial charge in [-0.05, 0) is 12.5 Å². The third kappa shape index (κ3) is 1.64. The van der Waals surface area contributed by atoms with Gasteiger partial charge in [0.25, 0.3) is 0 Å². The van der Waals surface area contributed by atoms with E-state index in [1.807, 2.05) is 4.90 Å². The molecule has 0 saturated carbocycles. The van der Waals surface area contributed by atoms with Crippen molar-refractivity contribution in [2.24, 2.45) is 11.8 Å². The molecule has 1 N–H and O–H groups in total. The normalized spacial score (nSPS) is 33.1. The Morgan fingerprint density at radius 2 is 2.14 bits per heavy atom. The van der Waals surface area contributed by atoms with E-state index in [9.17, 15) is 4.79 Å². The predicted molar refractivity (Wildman–Crippen MR) is 52.9 cm³/mol. The van der Waals surface area contributed by atoms with Crippen LogP contribution in [0.4, 0.5) is 0 Å². The fraction of sp³-hybridized carbons (Fsp3) is 0.900. The van der Waals surface area contributed by atoms with Crippen molar-refractivity contribution in [2.75, 3.05) is 33.3 Å². The lowest BCUT2D eigenvalue weighted by Gasteiger charge is -2.40. The zero-order valence-electron chi connectivity index (χ0n) is 8.82.